The maximum absolute atomic E-state index is 13.9. The highest BCUT2D eigenvalue weighted by Crippen LogP contribution is 2.45. The van der Waals surface area contributed by atoms with E-state index in [1.165, 1.54) is 13.2 Å². The number of rotatable bonds is 4. The molecule has 1 N–H and O–H groups in total. The minimum absolute atomic E-state index is 0.0548. The second-order valence-corrected chi connectivity index (χ2v) is 8.37. The molecule has 0 bridgehead atoms. The monoisotopic (exact) mass is 454 g/mol. The predicted molar refractivity (Wildman–Crippen MR) is 119 cm³/mol. The topological polar surface area (TPSA) is 68.6 Å². The summed E-state index contributed by atoms with van der Waals surface area (Å²) in [5.74, 6) is -1.28. The van der Waals surface area contributed by atoms with E-state index in [0.29, 0.717) is 30.3 Å². The highest BCUT2D eigenvalue weighted by molar-refractivity contribution is 5.92. The molecule has 0 radical (unpaired) electrons. The van der Waals surface area contributed by atoms with Crippen LogP contribution in [0.3, 0.4) is 0 Å². The van der Waals surface area contributed by atoms with E-state index in [0.717, 1.165) is 41.9 Å². The third-order valence-corrected chi connectivity index (χ3v) is 6.28. The highest BCUT2D eigenvalue weighted by Gasteiger charge is 2.32. The van der Waals surface area contributed by atoms with Crippen LogP contribution >= 0.6 is 0 Å². The lowest BCUT2D eigenvalue weighted by molar-refractivity contribution is 0.175. The summed E-state index contributed by atoms with van der Waals surface area (Å²) < 4.78 is 40.5. The molecule has 5 rings (SSSR count). The van der Waals surface area contributed by atoms with Crippen LogP contribution in [0.15, 0.2) is 42.7 Å². The molecule has 0 aliphatic carbocycles. The minimum Gasteiger partial charge on any atom is -0.456 e. The fourth-order valence-electron chi connectivity index (χ4n) is 4.32. The molecule has 1 fully saturated rings. The Morgan fingerprint density at radius 1 is 1.18 bits per heavy atom. The van der Waals surface area contributed by atoms with Crippen LogP contribution in [-0.4, -0.2) is 42.1 Å². The van der Waals surface area contributed by atoms with E-state index in [1.807, 2.05) is 29.9 Å². The number of anilines is 1. The van der Waals surface area contributed by atoms with Crippen LogP contribution in [0.4, 0.5) is 19.3 Å². The number of aromatic nitrogens is 2. The third kappa shape index (κ3) is 3.82. The van der Waals surface area contributed by atoms with Crippen molar-refractivity contribution in [2.75, 3.05) is 25.1 Å². The number of carbonyl (C=O) groups is 1. The maximum atomic E-state index is 13.9. The van der Waals surface area contributed by atoms with Crippen LogP contribution in [-0.2, 0) is 11.2 Å². The van der Waals surface area contributed by atoms with Gasteiger partial charge in [0.25, 0.3) is 0 Å². The van der Waals surface area contributed by atoms with Gasteiger partial charge in [-0.1, -0.05) is 0 Å². The van der Waals surface area contributed by atoms with E-state index < -0.39 is 17.7 Å². The van der Waals surface area contributed by atoms with E-state index in [-0.39, 0.29) is 11.8 Å². The van der Waals surface area contributed by atoms with Crippen molar-refractivity contribution in [2.45, 2.75) is 31.8 Å². The summed E-state index contributed by atoms with van der Waals surface area (Å²) in [5.41, 5.74) is 3.08. The summed E-state index contributed by atoms with van der Waals surface area (Å²) in [7, 11) is 1.35. The van der Waals surface area contributed by atoms with Crippen molar-refractivity contribution in [1.82, 2.24) is 15.1 Å². The second kappa shape index (κ2) is 8.47. The van der Waals surface area contributed by atoms with E-state index in [9.17, 15) is 13.6 Å². The van der Waals surface area contributed by atoms with Gasteiger partial charge in [-0.05, 0) is 44.0 Å². The zero-order valence-corrected chi connectivity index (χ0v) is 18.3. The van der Waals surface area contributed by atoms with Gasteiger partial charge in [-0.3, -0.25) is 9.58 Å². The average Bonchev–Trinajstić information content (AvgIpc) is 3.23. The van der Waals surface area contributed by atoms with Crippen LogP contribution in [0.25, 0.3) is 11.1 Å². The van der Waals surface area contributed by atoms with Crippen molar-refractivity contribution >= 4 is 11.8 Å². The van der Waals surface area contributed by atoms with E-state index in [2.05, 4.69) is 10.4 Å². The summed E-state index contributed by atoms with van der Waals surface area (Å²) in [5, 5.41) is 7.72. The summed E-state index contributed by atoms with van der Waals surface area (Å²) >= 11 is 0. The molecule has 1 amide bonds. The van der Waals surface area contributed by atoms with E-state index >= 15 is 0 Å². The lowest BCUT2D eigenvalue weighted by Gasteiger charge is -2.35. The van der Waals surface area contributed by atoms with Gasteiger partial charge in [0.15, 0.2) is 11.6 Å². The zero-order chi connectivity index (χ0) is 23.1. The molecule has 2 aliphatic rings. The zero-order valence-electron chi connectivity index (χ0n) is 18.3. The van der Waals surface area contributed by atoms with Gasteiger partial charge in [0.05, 0.1) is 25.0 Å². The fraction of sp³-hybridized carbons (Fsp3) is 0.333. The van der Waals surface area contributed by atoms with Gasteiger partial charge >= 0.3 is 6.09 Å². The van der Waals surface area contributed by atoms with Gasteiger partial charge in [0.2, 0.25) is 0 Å². The largest absolute Gasteiger partial charge is 0.456 e. The van der Waals surface area contributed by atoms with E-state index in [4.69, 9.17) is 9.47 Å². The summed E-state index contributed by atoms with van der Waals surface area (Å²) in [6.45, 7) is 3.67. The average molecular weight is 454 g/mol. The number of methoxy groups -OCH3 is 1. The first-order chi connectivity index (χ1) is 16.0. The van der Waals surface area contributed by atoms with Gasteiger partial charge in [-0.25, -0.2) is 13.6 Å². The quantitative estimate of drug-likeness (QED) is 0.621. The first-order valence-electron chi connectivity index (χ1n) is 10.9. The number of nitrogens with zero attached hydrogens (tertiary/aromatic N) is 3. The SMILES string of the molecule is COC(=O)N1c2ccc(-c3cnn(C4CNC4)c3)c(Oc3ccc(F)c(F)c3)c2CCC1C. The Balaban J connectivity index is 1.63. The van der Waals surface area contributed by atoms with Crippen molar-refractivity contribution in [2.24, 2.45) is 0 Å². The molecule has 2 aromatic carbocycles. The lowest BCUT2D eigenvalue weighted by Crippen LogP contribution is -2.43. The number of hydrogen-bond acceptors (Lipinski definition) is 5. The number of amides is 1. The lowest BCUT2D eigenvalue weighted by atomic mass is 9.92. The number of halogens is 2. The molecule has 9 heteroatoms. The molecule has 2 aliphatic heterocycles. The molecular weight excluding hydrogens is 430 g/mol. The van der Waals surface area contributed by atoms with Crippen molar-refractivity contribution in [3.8, 4) is 22.6 Å². The molecule has 3 aromatic rings. The van der Waals surface area contributed by atoms with Gasteiger partial charge in [-0.2, -0.15) is 5.10 Å². The van der Waals surface area contributed by atoms with Crippen molar-refractivity contribution in [3.63, 3.8) is 0 Å². The Labute approximate surface area is 189 Å². The summed E-state index contributed by atoms with van der Waals surface area (Å²) in [4.78, 5) is 14.1. The number of fused-ring (bicyclic) bond motifs is 1. The second-order valence-electron chi connectivity index (χ2n) is 8.37. The Bertz CT molecular complexity index is 1210. The fourth-order valence-corrected chi connectivity index (χ4v) is 4.32. The van der Waals surface area contributed by atoms with Crippen molar-refractivity contribution < 1.29 is 23.0 Å². The van der Waals surface area contributed by atoms with Crippen LogP contribution in [0.5, 0.6) is 11.5 Å². The van der Waals surface area contributed by atoms with Gasteiger partial charge in [0.1, 0.15) is 11.5 Å². The third-order valence-electron chi connectivity index (χ3n) is 6.28. The number of nitrogens with one attached hydrogen (secondary N) is 1. The molecule has 3 heterocycles. The molecule has 1 unspecified atom stereocenters. The Morgan fingerprint density at radius 2 is 2.00 bits per heavy atom. The number of benzene rings is 2. The summed E-state index contributed by atoms with van der Waals surface area (Å²) in [6, 6.07) is 7.41. The van der Waals surface area contributed by atoms with Crippen LogP contribution in [0.2, 0.25) is 0 Å². The van der Waals surface area contributed by atoms with E-state index in [1.54, 1.807) is 11.1 Å². The van der Waals surface area contributed by atoms with Gasteiger partial charge in [0, 0.05) is 48.1 Å². The molecule has 1 saturated heterocycles. The van der Waals surface area contributed by atoms with Crippen molar-refractivity contribution in [3.05, 3.63) is 59.9 Å². The molecule has 33 heavy (non-hydrogen) atoms. The number of hydrogen-bond donors (Lipinski definition) is 1. The van der Waals surface area contributed by atoms with Crippen LogP contribution < -0.4 is 15.0 Å². The standard InChI is InChI=1S/C24H24F2N4O3/c1-14-3-5-19-22(30(14)24(31)32-2)8-6-18(15-10-28-29(13-15)16-11-27-12-16)23(19)33-17-4-7-20(25)21(26)9-17/h4,6-10,13-14,16,27H,3,5,11-12H2,1-2H3. The Hall–Kier alpha value is -3.46. The molecule has 0 saturated carbocycles. The van der Waals surface area contributed by atoms with Crippen molar-refractivity contribution in [1.29, 1.82) is 0 Å². The molecule has 1 aromatic heterocycles. The van der Waals surface area contributed by atoms with Crippen LogP contribution in [0, 0.1) is 11.6 Å². The Kier molecular flexibility index (Phi) is 5.49. The van der Waals surface area contributed by atoms with Crippen LogP contribution in [0.1, 0.15) is 24.9 Å². The molecule has 1 atom stereocenters. The molecular formula is C24H24F2N4O3. The maximum Gasteiger partial charge on any atom is 0.414 e. The van der Waals surface area contributed by atoms with Gasteiger partial charge < -0.3 is 14.8 Å². The summed E-state index contributed by atoms with van der Waals surface area (Å²) in [6.07, 6.45) is 4.61. The minimum atomic E-state index is -0.992. The highest BCUT2D eigenvalue weighted by atomic mass is 19.2. The Morgan fingerprint density at radius 3 is 2.70 bits per heavy atom. The molecule has 172 valence electrons. The smallest absolute Gasteiger partial charge is 0.414 e. The predicted octanol–water partition coefficient (Wildman–Crippen LogP) is 4.67. The number of carbonyl (C=O) groups excluding carboxylic acids is 1. The normalized spacial score (nSPS) is 17.9. The first-order valence-corrected chi connectivity index (χ1v) is 10.9. The first kappa shape index (κ1) is 21.4. The molecule has 0 spiro atoms. The molecule has 7 nitrogen and oxygen atoms in total. The number of ether oxygens (including phenoxy) is 2. The van der Waals surface area contributed by atoms with Gasteiger partial charge in [-0.15, -0.1) is 0 Å².